The molecule has 0 bridgehead atoms. The van der Waals surface area contributed by atoms with Crippen LogP contribution in [0.2, 0.25) is 0 Å². The first-order valence-electron chi connectivity index (χ1n) is 14.6. The van der Waals surface area contributed by atoms with Crippen LogP contribution in [0.3, 0.4) is 0 Å². The zero-order chi connectivity index (χ0) is 33.6. The van der Waals surface area contributed by atoms with Gasteiger partial charge in [-0.2, -0.15) is 13.2 Å². The van der Waals surface area contributed by atoms with Crippen LogP contribution in [0.15, 0.2) is 42.6 Å². The van der Waals surface area contributed by atoms with E-state index in [1.807, 2.05) is 0 Å². The Morgan fingerprint density at radius 1 is 1.07 bits per heavy atom. The Morgan fingerprint density at radius 3 is 2.46 bits per heavy atom. The van der Waals surface area contributed by atoms with E-state index in [1.54, 1.807) is 32.9 Å². The molecule has 2 aromatic carbocycles. The molecule has 3 aromatic rings. The highest BCUT2D eigenvalue weighted by molar-refractivity contribution is 6.12. The van der Waals surface area contributed by atoms with Crippen LogP contribution in [0.4, 0.5) is 35.0 Å². The molecule has 1 aliphatic rings. The number of rotatable bonds is 10. The van der Waals surface area contributed by atoms with E-state index in [9.17, 15) is 27.6 Å². The van der Waals surface area contributed by atoms with Crippen molar-refractivity contribution in [1.82, 2.24) is 15.0 Å². The van der Waals surface area contributed by atoms with Gasteiger partial charge in [0.15, 0.2) is 12.1 Å². The standard InChI is InChI=1S/C31H37F3N6O6/c1-30(2,3)46-29(43)37-24-15-25(39(4)5)22(31(32,33)34)14-23(24)36-27(42)16-26(41)19-9-8-10-20(13-19)40-21(17-35-38-40)18-45-28-11-6-7-12-44-28/h8-10,13-15,17,28H,6-7,11-12,16,18H2,1-5H3,(H,36,42)(H,37,43). The van der Waals surface area contributed by atoms with Crippen LogP contribution >= 0.6 is 0 Å². The summed E-state index contributed by atoms with van der Waals surface area (Å²) >= 11 is 0. The number of aromatic nitrogens is 3. The van der Waals surface area contributed by atoms with Crippen molar-refractivity contribution in [2.75, 3.05) is 36.2 Å². The summed E-state index contributed by atoms with van der Waals surface area (Å²) in [5.74, 6) is -1.49. The van der Waals surface area contributed by atoms with Crippen molar-refractivity contribution in [1.29, 1.82) is 0 Å². The molecular weight excluding hydrogens is 609 g/mol. The molecule has 2 N–H and O–H groups in total. The zero-order valence-electron chi connectivity index (χ0n) is 26.2. The molecule has 0 spiro atoms. The molecule has 15 heteroatoms. The molecule has 1 unspecified atom stereocenters. The van der Waals surface area contributed by atoms with E-state index in [0.29, 0.717) is 24.1 Å². The topological polar surface area (TPSA) is 137 Å². The smallest absolute Gasteiger partial charge is 0.418 e. The van der Waals surface area contributed by atoms with Gasteiger partial charge in [-0.05, 0) is 64.3 Å². The van der Waals surface area contributed by atoms with Gasteiger partial charge in [-0.15, -0.1) is 5.10 Å². The third-order valence-electron chi connectivity index (χ3n) is 6.74. The van der Waals surface area contributed by atoms with Gasteiger partial charge >= 0.3 is 12.3 Å². The Balaban J connectivity index is 1.52. The van der Waals surface area contributed by atoms with Gasteiger partial charge in [-0.3, -0.25) is 14.9 Å². The van der Waals surface area contributed by atoms with Crippen LogP contribution in [0, 0.1) is 0 Å². The summed E-state index contributed by atoms with van der Waals surface area (Å²) in [4.78, 5) is 39.9. The van der Waals surface area contributed by atoms with Crippen LogP contribution in [0.25, 0.3) is 5.69 Å². The van der Waals surface area contributed by atoms with Gasteiger partial charge in [0.2, 0.25) is 5.91 Å². The summed E-state index contributed by atoms with van der Waals surface area (Å²) < 4.78 is 60.1. The molecule has 248 valence electrons. The van der Waals surface area contributed by atoms with E-state index < -0.39 is 41.5 Å². The number of nitrogens with one attached hydrogen (secondary N) is 2. The number of alkyl halides is 3. The predicted octanol–water partition coefficient (Wildman–Crippen LogP) is 5.95. The molecule has 12 nitrogen and oxygen atoms in total. The summed E-state index contributed by atoms with van der Waals surface area (Å²) in [6.07, 6.45) is -2.44. The number of ether oxygens (including phenoxy) is 3. The summed E-state index contributed by atoms with van der Waals surface area (Å²) in [6.45, 7) is 5.67. The number of Topliss-reactive ketones (excluding diaryl/α,β-unsaturated/α-hetero) is 1. The molecule has 4 rings (SSSR count). The lowest BCUT2D eigenvalue weighted by Crippen LogP contribution is -2.28. The minimum atomic E-state index is -4.78. The number of halogens is 3. The maximum Gasteiger partial charge on any atom is 0.418 e. The second-order valence-corrected chi connectivity index (χ2v) is 11.9. The van der Waals surface area contributed by atoms with E-state index in [2.05, 4.69) is 20.9 Å². The zero-order valence-corrected chi connectivity index (χ0v) is 26.2. The van der Waals surface area contributed by atoms with Gasteiger partial charge in [0.05, 0.1) is 53.2 Å². The third kappa shape index (κ3) is 9.26. The van der Waals surface area contributed by atoms with Crippen molar-refractivity contribution in [3.05, 3.63) is 59.4 Å². The maximum atomic E-state index is 14.0. The second-order valence-electron chi connectivity index (χ2n) is 11.9. The van der Waals surface area contributed by atoms with Crippen LogP contribution < -0.4 is 15.5 Å². The SMILES string of the molecule is CN(C)c1cc(NC(=O)OC(C)(C)C)c(NC(=O)CC(=O)c2cccc(-n3nncc3COC3CCCCO3)c2)cc1C(F)(F)F. The number of carbonyl (C=O) groups excluding carboxylic acids is 3. The van der Waals surface area contributed by atoms with Crippen molar-refractivity contribution < 1.29 is 41.8 Å². The first-order chi connectivity index (χ1) is 21.6. The van der Waals surface area contributed by atoms with Crippen molar-refractivity contribution in [2.45, 2.75) is 71.1 Å². The fourth-order valence-electron chi connectivity index (χ4n) is 4.65. The Hall–Kier alpha value is -4.50. The lowest BCUT2D eigenvalue weighted by atomic mass is 10.1. The molecule has 1 saturated heterocycles. The molecule has 2 amide bonds. The van der Waals surface area contributed by atoms with Crippen molar-refractivity contribution in [3.63, 3.8) is 0 Å². The van der Waals surface area contributed by atoms with Crippen LogP contribution in [0.1, 0.15) is 68.1 Å². The van der Waals surface area contributed by atoms with Crippen LogP contribution in [0.5, 0.6) is 0 Å². The molecule has 0 aliphatic carbocycles. The number of amides is 2. The van der Waals surface area contributed by atoms with Crippen LogP contribution in [-0.4, -0.2) is 65.4 Å². The first-order valence-corrected chi connectivity index (χ1v) is 14.6. The predicted molar refractivity (Wildman–Crippen MR) is 163 cm³/mol. The highest BCUT2D eigenvalue weighted by Crippen LogP contribution is 2.41. The van der Waals surface area contributed by atoms with E-state index in [4.69, 9.17) is 14.2 Å². The van der Waals surface area contributed by atoms with Gasteiger partial charge < -0.3 is 24.4 Å². The number of anilines is 3. The summed E-state index contributed by atoms with van der Waals surface area (Å²) in [6, 6.07) is 8.12. The molecule has 0 saturated carbocycles. The highest BCUT2D eigenvalue weighted by Gasteiger charge is 2.36. The molecule has 1 atom stereocenters. The summed E-state index contributed by atoms with van der Waals surface area (Å²) in [7, 11) is 2.82. The van der Waals surface area contributed by atoms with Crippen LogP contribution in [-0.2, 0) is 31.8 Å². The molecule has 1 aliphatic heterocycles. The minimum Gasteiger partial charge on any atom is -0.444 e. The average molecular weight is 647 g/mol. The molecule has 0 radical (unpaired) electrons. The first kappa shape index (κ1) is 34.4. The number of carbonyl (C=O) groups is 3. The van der Waals surface area contributed by atoms with E-state index >= 15 is 0 Å². The fraction of sp³-hybridized carbons (Fsp3) is 0.452. The van der Waals surface area contributed by atoms with Gasteiger partial charge in [0.25, 0.3) is 0 Å². The fourth-order valence-corrected chi connectivity index (χ4v) is 4.65. The molecular formula is C31H37F3N6O6. The number of hydrogen-bond donors (Lipinski definition) is 2. The summed E-state index contributed by atoms with van der Waals surface area (Å²) in [5, 5.41) is 12.8. The van der Waals surface area contributed by atoms with Gasteiger partial charge in [0.1, 0.15) is 5.60 Å². The van der Waals surface area contributed by atoms with Crippen molar-refractivity contribution in [2.24, 2.45) is 0 Å². The third-order valence-corrected chi connectivity index (χ3v) is 6.74. The van der Waals surface area contributed by atoms with E-state index in [0.717, 1.165) is 25.3 Å². The van der Waals surface area contributed by atoms with Gasteiger partial charge in [0, 0.05) is 26.3 Å². The maximum absolute atomic E-state index is 14.0. The highest BCUT2D eigenvalue weighted by atomic mass is 19.4. The molecule has 1 aromatic heterocycles. The minimum absolute atomic E-state index is 0.145. The lowest BCUT2D eigenvalue weighted by Gasteiger charge is -2.24. The Morgan fingerprint density at radius 2 is 1.80 bits per heavy atom. The second kappa shape index (κ2) is 14.3. The quantitative estimate of drug-likeness (QED) is 0.202. The molecule has 1 fully saturated rings. The van der Waals surface area contributed by atoms with E-state index in [-0.39, 0.29) is 35.5 Å². The Kier molecular flexibility index (Phi) is 10.7. The average Bonchev–Trinajstić information content (AvgIpc) is 3.44. The normalized spacial score (nSPS) is 15.3. The number of benzene rings is 2. The van der Waals surface area contributed by atoms with Gasteiger partial charge in [-0.1, -0.05) is 17.3 Å². The summed E-state index contributed by atoms with van der Waals surface area (Å²) in [5.41, 5.74) is -1.44. The number of nitrogens with zero attached hydrogens (tertiary/aromatic N) is 4. The Labute approximate surface area is 264 Å². The monoisotopic (exact) mass is 646 g/mol. The number of hydrogen-bond acceptors (Lipinski definition) is 9. The Bertz CT molecular complexity index is 1560. The number of ketones is 1. The lowest BCUT2D eigenvalue weighted by molar-refractivity contribution is -0.169. The molecule has 46 heavy (non-hydrogen) atoms. The largest absolute Gasteiger partial charge is 0.444 e. The van der Waals surface area contributed by atoms with Crippen molar-refractivity contribution in [3.8, 4) is 5.69 Å². The van der Waals surface area contributed by atoms with E-state index in [1.165, 1.54) is 42.0 Å². The van der Waals surface area contributed by atoms with Gasteiger partial charge in [-0.25, -0.2) is 9.48 Å². The van der Waals surface area contributed by atoms with Crippen molar-refractivity contribution >= 4 is 34.8 Å². The molecule has 2 heterocycles.